The number of rotatable bonds is 41. The van der Waals surface area contributed by atoms with Crippen LogP contribution in [0.2, 0.25) is 0 Å². The first kappa shape index (κ1) is 50.4. The number of ether oxygens (including phenoxy) is 3. The molecule has 0 saturated heterocycles. The third kappa shape index (κ3) is 38.1. The van der Waals surface area contributed by atoms with E-state index in [0.717, 1.165) is 70.1 Å². The zero-order valence-corrected chi connectivity index (χ0v) is 35.3. The molecule has 0 N–H and O–H groups in total. The van der Waals surface area contributed by atoms with E-state index in [-0.39, 0.29) is 31.1 Å². The fraction of sp³-hybridized carbons (Fsp3) is 0.935. The summed E-state index contributed by atoms with van der Waals surface area (Å²) >= 11 is 0. The fourth-order valence-corrected chi connectivity index (χ4v) is 6.77. The summed E-state index contributed by atoms with van der Waals surface area (Å²) in [5.41, 5.74) is 0. The van der Waals surface area contributed by atoms with Gasteiger partial charge >= 0.3 is 17.9 Å². The van der Waals surface area contributed by atoms with Crippen LogP contribution in [0.3, 0.4) is 0 Å². The second-order valence-corrected chi connectivity index (χ2v) is 15.9. The molecule has 0 rings (SSSR count). The number of hydrogen-bond donors (Lipinski definition) is 0. The summed E-state index contributed by atoms with van der Waals surface area (Å²) in [4.78, 5) is 37.5. The van der Waals surface area contributed by atoms with Gasteiger partial charge < -0.3 is 14.2 Å². The van der Waals surface area contributed by atoms with Crippen molar-refractivity contribution in [1.82, 2.24) is 0 Å². The maximum Gasteiger partial charge on any atom is 0.306 e. The van der Waals surface area contributed by atoms with E-state index in [1.807, 2.05) is 0 Å². The van der Waals surface area contributed by atoms with Gasteiger partial charge in [0.1, 0.15) is 13.2 Å². The number of esters is 3. The van der Waals surface area contributed by atoms with Crippen LogP contribution in [0.25, 0.3) is 0 Å². The predicted octanol–water partition coefficient (Wildman–Crippen LogP) is 14.3. The van der Waals surface area contributed by atoms with Crippen molar-refractivity contribution in [3.05, 3.63) is 0 Å². The van der Waals surface area contributed by atoms with Gasteiger partial charge in [-0.2, -0.15) is 0 Å². The van der Waals surface area contributed by atoms with E-state index < -0.39 is 6.10 Å². The third-order valence-electron chi connectivity index (χ3n) is 10.7. The van der Waals surface area contributed by atoms with Gasteiger partial charge in [-0.3, -0.25) is 14.4 Å². The number of carbonyl (C=O) groups is 3. The minimum Gasteiger partial charge on any atom is -0.462 e. The van der Waals surface area contributed by atoms with Gasteiger partial charge in [0.05, 0.1) is 0 Å². The van der Waals surface area contributed by atoms with E-state index >= 15 is 0 Å². The van der Waals surface area contributed by atoms with Crippen molar-refractivity contribution in [1.29, 1.82) is 0 Å². The van der Waals surface area contributed by atoms with Gasteiger partial charge in [0, 0.05) is 19.3 Å². The number of unbranched alkanes of at least 4 members (excludes halogenated alkanes) is 27. The van der Waals surface area contributed by atoms with Gasteiger partial charge in [-0.05, 0) is 25.2 Å². The van der Waals surface area contributed by atoms with E-state index in [2.05, 4.69) is 27.7 Å². The molecule has 0 aromatic carbocycles. The molecule has 0 heterocycles. The zero-order valence-electron chi connectivity index (χ0n) is 35.3. The molecule has 0 aliphatic carbocycles. The van der Waals surface area contributed by atoms with E-state index in [1.54, 1.807) is 0 Å². The second kappa shape index (κ2) is 40.6. The lowest BCUT2D eigenvalue weighted by Gasteiger charge is -2.18. The van der Waals surface area contributed by atoms with Crippen LogP contribution in [-0.2, 0) is 28.6 Å². The lowest BCUT2D eigenvalue weighted by Crippen LogP contribution is -2.30. The minimum atomic E-state index is -0.758. The molecular formula is C46H88O6. The molecule has 0 bridgehead atoms. The van der Waals surface area contributed by atoms with Gasteiger partial charge in [-0.15, -0.1) is 0 Å². The maximum atomic E-state index is 12.7. The molecule has 0 radical (unpaired) electrons. The Labute approximate surface area is 323 Å². The monoisotopic (exact) mass is 737 g/mol. The van der Waals surface area contributed by atoms with Crippen molar-refractivity contribution in [2.24, 2.45) is 5.92 Å². The van der Waals surface area contributed by atoms with Crippen molar-refractivity contribution in [3.8, 4) is 0 Å². The van der Waals surface area contributed by atoms with E-state index in [0.29, 0.717) is 19.3 Å². The SMILES string of the molecule is CCCCCCCCCCCCCCCCCCCC(=O)O[C@H](COC(=O)CCCCCCC)COC(=O)CCCCCCCCCCC(C)CC. The highest BCUT2D eigenvalue weighted by Gasteiger charge is 2.19. The maximum absolute atomic E-state index is 12.7. The van der Waals surface area contributed by atoms with Crippen molar-refractivity contribution in [2.75, 3.05) is 13.2 Å². The summed E-state index contributed by atoms with van der Waals surface area (Å²) in [5, 5.41) is 0. The molecule has 0 fully saturated rings. The molecule has 0 saturated carbocycles. The average Bonchev–Trinajstić information content (AvgIpc) is 3.14. The Kier molecular flexibility index (Phi) is 39.4. The molecule has 1 unspecified atom stereocenters. The first-order chi connectivity index (χ1) is 25.4. The molecule has 0 aromatic heterocycles. The molecule has 2 atom stereocenters. The third-order valence-corrected chi connectivity index (χ3v) is 10.7. The molecule has 0 aromatic rings. The van der Waals surface area contributed by atoms with Crippen LogP contribution >= 0.6 is 0 Å². The summed E-state index contributed by atoms with van der Waals surface area (Å²) in [6, 6.07) is 0. The van der Waals surface area contributed by atoms with Crippen LogP contribution in [0.1, 0.15) is 252 Å². The summed E-state index contributed by atoms with van der Waals surface area (Å²) in [6.45, 7) is 8.92. The van der Waals surface area contributed by atoms with Crippen LogP contribution in [0.4, 0.5) is 0 Å². The number of carbonyl (C=O) groups excluding carboxylic acids is 3. The van der Waals surface area contributed by atoms with Crippen molar-refractivity contribution in [2.45, 2.75) is 259 Å². The zero-order chi connectivity index (χ0) is 38.2. The molecule has 52 heavy (non-hydrogen) atoms. The standard InChI is InChI=1S/C46H88O6/c1-5-8-10-12-13-14-15-16-17-18-19-20-21-22-27-31-35-39-46(49)52-43(40-50-44(47)37-33-28-11-9-6-2)41-51-45(48)38-34-30-26-24-23-25-29-32-36-42(4)7-3/h42-43H,5-41H2,1-4H3/t42?,43-/m1/s1. The summed E-state index contributed by atoms with van der Waals surface area (Å²) < 4.78 is 16.6. The van der Waals surface area contributed by atoms with E-state index in [1.165, 1.54) is 141 Å². The first-order valence-electron chi connectivity index (χ1n) is 22.9. The average molecular weight is 737 g/mol. The molecule has 6 heteroatoms. The molecule has 6 nitrogen and oxygen atoms in total. The van der Waals surface area contributed by atoms with Gasteiger partial charge in [0.2, 0.25) is 0 Å². The highest BCUT2D eigenvalue weighted by Crippen LogP contribution is 2.17. The summed E-state index contributed by atoms with van der Waals surface area (Å²) in [7, 11) is 0. The molecule has 0 aliphatic heterocycles. The van der Waals surface area contributed by atoms with Crippen LogP contribution in [-0.4, -0.2) is 37.2 Å². The van der Waals surface area contributed by atoms with Gasteiger partial charge in [-0.25, -0.2) is 0 Å². The molecule has 0 amide bonds. The topological polar surface area (TPSA) is 78.9 Å². The Morgan fingerprint density at radius 1 is 0.385 bits per heavy atom. The van der Waals surface area contributed by atoms with E-state index in [4.69, 9.17) is 14.2 Å². The first-order valence-corrected chi connectivity index (χ1v) is 22.9. The highest BCUT2D eigenvalue weighted by atomic mass is 16.6. The lowest BCUT2D eigenvalue weighted by atomic mass is 9.99. The molecule has 308 valence electrons. The van der Waals surface area contributed by atoms with Crippen LogP contribution < -0.4 is 0 Å². The predicted molar refractivity (Wildman–Crippen MR) is 220 cm³/mol. The van der Waals surface area contributed by atoms with Gasteiger partial charge in [0.25, 0.3) is 0 Å². The van der Waals surface area contributed by atoms with Crippen LogP contribution in [0.5, 0.6) is 0 Å². The largest absolute Gasteiger partial charge is 0.462 e. The Bertz CT molecular complexity index is 783. The van der Waals surface area contributed by atoms with Crippen molar-refractivity contribution < 1.29 is 28.6 Å². The van der Waals surface area contributed by atoms with Crippen molar-refractivity contribution >= 4 is 17.9 Å². The van der Waals surface area contributed by atoms with Crippen LogP contribution in [0.15, 0.2) is 0 Å². The Hall–Kier alpha value is -1.59. The molecule has 0 aliphatic rings. The number of hydrogen-bond acceptors (Lipinski definition) is 6. The van der Waals surface area contributed by atoms with Gasteiger partial charge in [-0.1, -0.05) is 214 Å². The lowest BCUT2D eigenvalue weighted by molar-refractivity contribution is -0.167. The van der Waals surface area contributed by atoms with Crippen molar-refractivity contribution in [3.63, 3.8) is 0 Å². The summed E-state index contributed by atoms with van der Waals surface area (Å²) in [6.07, 6.45) is 39.7. The van der Waals surface area contributed by atoms with E-state index in [9.17, 15) is 14.4 Å². The molecule has 0 spiro atoms. The fourth-order valence-electron chi connectivity index (χ4n) is 6.77. The van der Waals surface area contributed by atoms with Gasteiger partial charge in [0.15, 0.2) is 6.10 Å². The minimum absolute atomic E-state index is 0.0654. The highest BCUT2D eigenvalue weighted by molar-refractivity contribution is 5.71. The Balaban J connectivity index is 4.17. The van der Waals surface area contributed by atoms with Crippen LogP contribution in [0, 0.1) is 5.92 Å². The smallest absolute Gasteiger partial charge is 0.306 e. The Morgan fingerprint density at radius 3 is 1.00 bits per heavy atom. The normalized spacial score (nSPS) is 12.5. The quantitative estimate of drug-likeness (QED) is 0.0353. The Morgan fingerprint density at radius 2 is 0.673 bits per heavy atom. The second-order valence-electron chi connectivity index (χ2n) is 15.9. The molecular weight excluding hydrogens is 648 g/mol. The summed E-state index contributed by atoms with van der Waals surface area (Å²) in [5.74, 6) is -0.0211.